The van der Waals surface area contributed by atoms with Crippen molar-refractivity contribution in [2.75, 3.05) is 0 Å². The van der Waals surface area contributed by atoms with Crippen molar-refractivity contribution in [3.8, 4) is 0 Å². The van der Waals surface area contributed by atoms with Crippen LogP contribution in [0.25, 0.3) is 0 Å². The standard InChI is InChI=1S/C12H15Br2NO/c1-3-11(15-12(16)8(2)13)9-4-6-10(14)7-5-9/h4-8,11H,3H2,1-2H3,(H,15,16). The number of hydrogen-bond acceptors (Lipinski definition) is 1. The molecule has 1 N–H and O–H groups in total. The molecule has 0 fully saturated rings. The zero-order valence-electron chi connectivity index (χ0n) is 9.34. The number of hydrogen-bond donors (Lipinski definition) is 1. The maximum atomic E-state index is 11.6. The molecular formula is C12H15Br2NO. The molecular weight excluding hydrogens is 334 g/mol. The molecule has 1 amide bonds. The summed E-state index contributed by atoms with van der Waals surface area (Å²) in [6, 6.07) is 8.11. The molecule has 0 aliphatic rings. The number of rotatable bonds is 4. The molecule has 1 aromatic carbocycles. The molecule has 0 bridgehead atoms. The van der Waals surface area contributed by atoms with E-state index in [0.29, 0.717) is 0 Å². The number of amides is 1. The van der Waals surface area contributed by atoms with Gasteiger partial charge in [-0.05, 0) is 31.0 Å². The first-order chi connectivity index (χ1) is 7.54. The molecule has 0 heterocycles. The molecule has 1 aromatic rings. The van der Waals surface area contributed by atoms with E-state index in [0.717, 1.165) is 16.5 Å². The summed E-state index contributed by atoms with van der Waals surface area (Å²) < 4.78 is 1.05. The monoisotopic (exact) mass is 347 g/mol. The quantitative estimate of drug-likeness (QED) is 0.824. The molecule has 2 atom stereocenters. The average molecular weight is 349 g/mol. The molecule has 1 rings (SSSR count). The zero-order valence-corrected chi connectivity index (χ0v) is 12.5. The average Bonchev–Trinajstić information content (AvgIpc) is 2.26. The smallest absolute Gasteiger partial charge is 0.233 e. The van der Waals surface area contributed by atoms with Gasteiger partial charge < -0.3 is 5.32 Å². The second-order valence-corrected chi connectivity index (χ2v) is 5.93. The first-order valence-corrected chi connectivity index (χ1v) is 6.95. The van der Waals surface area contributed by atoms with Crippen molar-refractivity contribution in [3.05, 3.63) is 34.3 Å². The molecule has 88 valence electrons. The van der Waals surface area contributed by atoms with Crippen LogP contribution in [0, 0.1) is 0 Å². The van der Waals surface area contributed by atoms with Crippen LogP contribution in [0.15, 0.2) is 28.7 Å². The molecule has 0 aliphatic heterocycles. The predicted octanol–water partition coefficient (Wildman–Crippen LogP) is 3.80. The Bertz CT molecular complexity index is 349. The van der Waals surface area contributed by atoms with Gasteiger partial charge in [0.15, 0.2) is 0 Å². The number of alkyl halides is 1. The Kier molecular flexibility index (Phi) is 5.49. The van der Waals surface area contributed by atoms with Gasteiger partial charge in [-0.3, -0.25) is 4.79 Å². The van der Waals surface area contributed by atoms with Gasteiger partial charge in [-0.1, -0.05) is 50.9 Å². The molecule has 2 nitrogen and oxygen atoms in total. The number of benzene rings is 1. The minimum absolute atomic E-state index is 0.0229. The molecule has 0 aromatic heterocycles. The lowest BCUT2D eigenvalue weighted by Crippen LogP contribution is -2.32. The number of carbonyl (C=O) groups excluding carboxylic acids is 1. The second kappa shape index (κ2) is 6.40. The van der Waals surface area contributed by atoms with E-state index in [-0.39, 0.29) is 16.8 Å². The molecule has 0 saturated carbocycles. The van der Waals surface area contributed by atoms with Crippen molar-refractivity contribution in [1.29, 1.82) is 0 Å². The fraction of sp³-hybridized carbons (Fsp3) is 0.417. The minimum Gasteiger partial charge on any atom is -0.348 e. The van der Waals surface area contributed by atoms with Crippen LogP contribution in [0.5, 0.6) is 0 Å². The SMILES string of the molecule is CCC(NC(=O)C(C)Br)c1ccc(Br)cc1. The van der Waals surface area contributed by atoms with Crippen LogP contribution < -0.4 is 5.32 Å². The summed E-state index contributed by atoms with van der Waals surface area (Å²) in [7, 11) is 0. The van der Waals surface area contributed by atoms with Crippen LogP contribution in [-0.4, -0.2) is 10.7 Å². The highest BCUT2D eigenvalue weighted by atomic mass is 79.9. The van der Waals surface area contributed by atoms with Gasteiger partial charge >= 0.3 is 0 Å². The lowest BCUT2D eigenvalue weighted by molar-refractivity contribution is -0.120. The third kappa shape index (κ3) is 3.91. The maximum absolute atomic E-state index is 11.6. The topological polar surface area (TPSA) is 29.1 Å². The van der Waals surface area contributed by atoms with Crippen LogP contribution in [0.2, 0.25) is 0 Å². The van der Waals surface area contributed by atoms with E-state index >= 15 is 0 Å². The van der Waals surface area contributed by atoms with Crippen molar-refractivity contribution in [1.82, 2.24) is 5.32 Å². The fourth-order valence-corrected chi connectivity index (χ4v) is 1.80. The number of halogens is 2. The third-order valence-corrected chi connectivity index (χ3v) is 3.30. The highest BCUT2D eigenvalue weighted by molar-refractivity contribution is 9.10. The Morgan fingerprint density at radius 2 is 1.94 bits per heavy atom. The third-order valence-electron chi connectivity index (χ3n) is 2.36. The number of carbonyl (C=O) groups is 1. The summed E-state index contributed by atoms with van der Waals surface area (Å²) >= 11 is 6.66. The van der Waals surface area contributed by atoms with E-state index < -0.39 is 0 Å². The van der Waals surface area contributed by atoms with Gasteiger partial charge in [0, 0.05) is 4.47 Å². The predicted molar refractivity (Wildman–Crippen MR) is 73.7 cm³/mol. The van der Waals surface area contributed by atoms with E-state index in [1.165, 1.54) is 0 Å². The lowest BCUT2D eigenvalue weighted by Gasteiger charge is -2.18. The van der Waals surface area contributed by atoms with Crippen molar-refractivity contribution >= 4 is 37.8 Å². The summed E-state index contributed by atoms with van der Waals surface area (Å²) in [4.78, 5) is 11.4. The van der Waals surface area contributed by atoms with E-state index in [2.05, 4.69) is 44.1 Å². The molecule has 16 heavy (non-hydrogen) atoms. The summed E-state index contributed by atoms with van der Waals surface area (Å²) in [5.74, 6) is 0.0229. The summed E-state index contributed by atoms with van der Waals surface area (Å²) in [6.45, 7) is 3.88. The van der Waals surface area contributed by atoms with E-state index in [4.69, 9.17) is 0 Å². The molecule has 0 saturated heterocycles. The zero-order chi connectivity index (χ0) is 12.1. The minimum atomic E-state index is -0.156. The highest BCUT2D eigenvalue weighted by Gasteiger charge is 2.15. The maximum Gasteiger partial charge on any atom is 0.233 e. The Morgan fingerprint density at radius 3 is 2.38 bits per heavy atom. The van der Waals surface area contributed by atoms with E-state index in [9.17, 15) is 4.79 Å². The van der Waals surface area contributed by atoms with Gasteiger partial charge in [0.1, 0.15) is 0 Å². The van der Waals surface area contributed by atoms with Crippen LogP contribution >= 0.6 is 31.9 Å². The Morgan fingerprint density at radius 1 is 1.38 bits per heavy atom. The van der Waals surface area contributed by atoms with Gasteiger partial charge in [0.2, 0.25) is 5.91 Å². The van der Waals surface area contributed by atoms with Crippen LogP contribution in [-0.2, 0) is 4.79 Å². The second-order valence-electron chi connectivity index (χ2n) is 3.64. The van der Waals surface area contributed by atoms with Crippen LogP contribution in [0.4, 0.5) is 0 Å². The van der Waals surface area contributed by atoms with Crippen molar-refractivity contribution in [2.45, 2.75) is 31.1 Å². The molecule has 2 unspecified atom stereocenters. The molecule has 4 heteroatoms. The number of nitrogens with one attached hydrogen (secondary N) is 1. The van der Waals surface area contributed by atoms with Crippen molar-refractivity contribution in [3.63, 3.8) is 0 Å². The fourth-order valence-electron chi connectivity index (χ4n) is 1.40. The first kappa shape index (κ1) is 13.7. The van der Waals surface area contributed by atoms with Gasteiger partial charge in [-0.25, -0.2) is 0 Å². The first-order valence-electron chi connectivity index (χ1n) is 5.24. The van der Waals surface area contributed by atoms with Crippen LogP contribution in [0.3, 0.4) is 0 Å². The highest BCUT2D eigenvalue weighted by Crippen LogP contribution is 2.19. The van der Waals surface area contributed by atoms with Crippen LogP contribution in [0.1, 0.15) is 31.9 Å². The lowest BCUT2D eigenvalue weighted by atomic mass is 10.0. The molecule has 0 radical (unpaired) electrons. The summed E-state index contributed by atoms with van der Waals surface area (Å²) in [5, 5.41) is 3.00. The van der Waals surface area contributed by atoms with Gasteiger partial charge in [-0.15, -0.1) is 0 Å². The van der Waals surface area contributed by atoms with Crippen molar-refractivity contribution < 1.29 is 4.79 Å². The van der Waals surface area contributed by atoms with E-state index in [1.807, 2.05) is 31.2 Å². The molecule has 0 aliphatic carbocycles. The van der Waals surface area contributed by atoms with Gasteiger partial charge in [0.05, 0.1) is 10.9 Å². The molecule has 0 spiro atoms. The largest absolute Gasteiger partial charge is 0.348 e. The van der Waals surface area contributed by atoms with E-state index in [1.54, 1.807) is 0 Å². The Balaban J connectivity index is 2.74. The van der Waals surface area contributed by atoms with Gasteiger partial charge in [-0.2, -0.15) is 0 Å². The summed E-state index contributed by atoms with van der Waals surface area (Å²) in [6.07, 6.45) is 0.882. The Hall–Kier alpha value is -0.350. The Labute approximate surface area is 113 Å². The van der Waals surface area contributed by atoms with Gasteiger partial charge in [0.25, 0.3) is 0 Å². The summed E-state index contributed by atoms with van der Waals surface area (Å²) in [5.41, 5.74) is 1.13. The normalized spacial score (nSPS) is 14.2. The van der Waals surface area contributed by atoms with Crippen molar-refractivity contribution in [2.24, 2.45) is 0 Å².